The summed E-state index contributed by atoms with van der Waals surface area (Å²) in [5, 5.41) is 18.3. The number of carbonyl (C=O) groups is 1. The van der Waals surface area contributed by atoms with Crippen LogP contribution in [0.4, 0.5) is 22.4 Å². The van der Waals surface area contributed by atoms with E-state index in [0.29, 0.717) is 11.8 Å². The molecular weight excluding hydrogens is 382 g/mol. The average molecular weight is 395 g/mol. The molecule has 1 aromatic carbocycles. The fraction of sp³-hybridized carbons (Fsp3) is 0.278. The number of hydrogen-bond acceptors (Lipinski definition) is 3. The van der Waals surface area contributed by atoms with E-state index in [1.807, 2.05) is 0 Å². The lowest BCUT2D eigenvalue weighted by atomic mass is 10.0. The number of halogens is 4. The number of nitriles is 1. The van der Waals surface area contributed by atoms with E-state index in [4.69, 9.17) is 5.11 Å². The molecule has 0 saturated carbocycles. The smallest absolute Gasteiger partial charge is 0.416 e. The van der Waals surface area contributed by atoms with Crippen molar-refractivity contribution >= 4 is 6.09 Å². The van der Waals surface area contributed by atoms with Gasteiger partial charge in [0.05, 0.1) is 18.7 Å². The molecule has 2 heterocycles. The molecule has 1 aliphatic rings. The molecule has 2 aromatic rings. The van der Waals surface area contributed by atoms with Gasteiger partial charge in [0.25, 0.3) is 0 Å². The molecule has 1 amide bonds. The largest absolute Gasteiger partial charge is 0.465 e. The molecule has 1 aliphatic heterocycles. The van der Waals surface area contributed by atoms with Gasteiger partial charge in [-0.3, -0.25) is 4.79 Å². The lowest BCUT2D eigenvalue weighted by molar-refractivity contribution is -0.137. The molecular formula is C18H13F4N3O3. The van der Waals surface area contributed by atoms with Crippen LogP contribution >= 0.6 is 0 Å². The summed E-state index contributed by atoms with van der Waals surface area (Å²) in [4.78, 5) is 24.6. The van der Waals surface area contributed by atoms with E-state index < -0.39 is 29.1 Å². The number of benzene rings is 1. The molecule has 146 valence electrons. The number of amides is 1. The van der Waals surface area contributed by atoms with E-state index in [-0.39, 0.29) is 42.7 Å². The van der Waals surface area contributed by atoms with Crippen molar-refractivity contribution in [2.24, 2.45) is 0 Å². The van der Waals surface area contributed by atoms with Gasteiger partial charge in [-0.15, -0.1) is 0 Å². The minimum atomic E-state index is -4.68. The number of fused-ring (bicyclic) bond motifs is 1. The molecule has 0 radical (unpaired) electrons. The Kier molecular flexibility index (Phi) is 4.85. The fourth-order valence-electron chi connectivity index (χ4n) is 3.15. The maximum absolute atomic E-state index is 14.2. The summed E-state index contributed by atoms with van der Waals surface area (Å²) in [6.45, 7) is -0.313. The third kappa shape index (κ3) is 3.55. The number of aromatic nitrogens is 1. The van der Waals surface area contributed by atoms with Crippen molar-refractivity contribution in [3.05, 3.63) is 68.4 Å². The Bertz CT molecular complexity index is 1050. The molecule has 0 aliphatic carbocycles. The molecule has 10 heteroatoms. The predicted molar refractivity (Wildman–Crippen MR) is 88.1 cm³/mol. The zero-order chi connectivity index (χ0) is 20.6. The second-order valence-electron chi connectivity index (χ2n) is 6.29. The SMILES string of the molecule is N#Cc1cn(Cc2ccc(C(F)(F)F)cc2F)c2c(c1=O)CN(C(=O)O)CC2. The molecule has 0 fully saturated rings. The standard InChI is InChI=1S/C18H13F4N3O3/c19-14-5-12(18(20,21)22)2-1-10(14)7-25-8-11(6-23)16(26)13-9-24(17(27)28)4-3-15(13)25/h1-2,5,8H,3-4,7,9H2,(H,27,28). The average Bonchev–Trinajstić information content (AvgIpc) is 2.64. The number of rotatable bonds is 2. The number of carboxylic acid groups (broad SMARTS) is 1. The quantitative estimate of drug-likeness (QED) is 0.793. The van der Waals surface area contributed by atoms with E-state index in [0.717, 1.165) is 17.0 Å². The van der Waals surface area contributed by atoms with Gasteiger partial charge in [0.2, 0.25) is 5.43 Å². The van der Waals surface area contributed by atoms with Gasteiger partial charge in [0, 0.05) is 36.0 Å². The summed E-state index contributed by atoms with van der Waals surface area (Å²) in [6.07, 6.45) is -4.52. The van der Waals surface area contributed by atoms with Gasteiger partial charge >= 0.3 is 12.3 Å². The van der Waals surface area contributed by atoms with Crippen molar-refractivity contribution in [3.8, 4) is 6.07 Å². The normalized spacial score (nSPS) is 13.8. The van der Waals surface area contributed by atoms with Crippen LogP contribution in [0.5, 0.6) is 0 Å². The van der Waals surface area contributed by atoms with Crippen molar-refractivity contribution in [2.45, 2.75) is 25.7 Å². The first kappa shape index (κ1) is 19.4. The summed E-state index contributed by atoms with van der Waals surface area (Å²) >= 11 is 0. The van der Waals surface area contributed by atoms with Crippen LogP contribution in [0.3, 0.4) is 0 Å². The van der Waals surface area contributed by atoms with Crippen molar-refractivity contribution in [1.29, 1.82) is 5.26 Å². The lowest BCUT2D eigenvalue weighted by Crippen LogP contribution is -2.39. The number of hydrogen-bond donors (Lipinski definition) is 1. The third-order valence-electron chi connectivity index (χ3n) is 4.58. The minimum Gasteiger partial charge on any atom is -0.465 e. The molecule has 0 unspecified atom stereocenters. The fourth-order valence-corrected chi connectivity index (χ4v) is 3.15. The summed E-state index contributed by atoms with van der Waals surface area (Å²) in [6, 6.07) is 3.86. The Labute approximate surface area is 155 Å². The van der Waals surface area contributed by atoms with Crippen LogP contribution in [0, 0.1) is 17.1 Å². The first-order valence-electron chi connectivity index (χ1n) is 8.10. The molecule has 28 heavy (non-hydrogen) atoms. The molecule has 0 bridgehead atoms. The zero-order valence-corrected chi connectivity index (χ0v) is 14.3. The monoisotopic (exact) mass is 395 g/mol. The topological polar surface area (TPSA) is 86.3 Å². The summed E-state index contributed by atoms with van der Waals surface area (Å²) in [5.74, 6) is -1.07. The molecule has 0 atom stereocenters. The van der Waals surface area contributed by atoms with E-state index in [1.165, 1.54) is 10.8 Å². The molecule has 0 spiro atoms. The second-order valence-corrected chi connectivity index (χ2v) is 6.29. The van der Waals surface area contributed by atoms with Crippen LogP contribution in [0.15, 0.2) is 29.2 Å². The van der Waals surface area contributed by atoms with Gasteiger partial charge in [0.1, 0.15) is 17.4 Å². The van der Waals surface area contributed by atoms with E-state index in [1.54, 1.807) is 6.07 Å². The van der Waals surface area contributed by atoms with Crippen LogP contribution in [-0.2, 0) is 25.7 Å². The Balaban J connectivity index is 2.04. The molecule has 6 nitrogen and oxygen atoms in total. The van der Waals surface area contributed by atoms with Crippen molar-refractivity contribution < 1.29 is 27.5 Å². The van der Waals surface area contributed by atoms with E-state index in [9.17, 15) is 32.4 Å². The third-order valence-corrected chi connectivity index (χ3v) is 4.58. The Morgan fingerprint density at radius 2 is 2.04 bits per heavy atom. The van der Waals surface area contributed by atoms with Crippen LogP contribution in [0.2, 0.25) is 0 Å². The van der Waals surface area contributed by atoms with Gasteiger partial charge in [0.15, 0.2) is 0 Å². The number of nitrogens with zero attached hydrogens (tertiary/aromatic N) is 3. The van der Waals surface area contributed by atoms with Crippen molar-refractivity contribution in [1.82, 2.24) is 9.47 Å². The van der Waals surface area contributed by atoms with Crippen LogP contribution in [-0.4, -0.2) is 27.2 Å². The minimum absolute atomic E-state index is 0.0524. The first-order chi connectivity index (χ1) is 13.1. The van der Waals surface area contributed by atoms with E-state index >= 15 is 0 Å². The number of pyridine rings is 1. The lowest BCUT2D eigenvalue weighted by Gasteiger charge is -2.28. The van der Waals surface area contributed by atoms with Crippen LogP contribution < -0.4 is 5.43 Å². The van der Waals surface area contributed by atoms with Crippen molar-refractivity contribution in [3.63, 3.8) is 0 Å². The first-order valence-corrected chi connectivity index (χ1v) is 8.10. The van der Waals surface area contributed by atoms with Crippen LogP contribution in [0.1, 0.15) is 27.9 Å². The highest BCUT2D eigenvalue weighted by molar-refractivity contribution is 5.65. The zero-order valence-electron chi connectivity index (χ0n) is 14.3. The summed E-state index contributed by atoms with van der Waals surface area (Å²) in [5.41, 5.74) is -1.49. The Hall–Kier alpha value is -3.35. The molecule has 1 N–H and O–H groups in total. The summed E-state index contributed by atoms with van der Waals surface area (Å²) in [7, 11) is 0. The Morgan fingerprint density at radius 3 is 2.61 bits per heavy atom. The number of alkyl halides is 3. The molecule has 0 saturated heterocycles. The van der Waals surface area contributed by atoms with Crippen molar-refractivity contribution in [2.75, 3.05) is 6.54 Å². The highest BCUT2D eigenvalue weighted by Gasteiger charge is 2.31. The summed E-state index contributed by atoms with van der Waals surface area (Å²) < 4.78 is 53.7. The maximum Gasteiger partial charge on any atom is 0.416 e. The molecule has 1 aromatic heterocycles. The highest BCUT2D eigenvalue weighted by atomic mass is 19.4. The van der Waals surface area contributed by atoms with E-state index in [2.05, 4.69) is 0 Å². The van der Waals surface area contributed by atoms with Gasteiger partial charge < -0.3 is 14.6 Å². The van der Waals surface area contributed by atoms with Gasteiger partial charge in [-0.1, -0.05) is 6.07 Å². The predicted octanol–water partition coefficient (Wildman–Crippen LogP) is 2.96. The van der Waals surface area contributed by atoms with Gasteiger partial charge in [-0.2, -0.15) is 18.4 Å². The van der Waals surface area contributed by atoms with Crippen LogP contribution in [0.25, 0.3) is 0 Å². The second kappa shape index (κ2) is 6.99. The molecule has 3 rings (SSSR count). The van der Waals surface area contributed by atoms with Gasteiger partial charge in [-0.05, 0) is 12.1 Å². The maximum atomic E-state index is 14.2. The Morgan fingerprint density at radius 1 is 1.32 bits per heavy atom. The highest BCUT2D eigenvalue weighted by Crippen LogP contribution is 2.30. The van der Waals surface area contributed by atoms with Gasteiger partial charge in [-0.25, -0.2) is 9.18 Å².